The lowest BCUT2D eigenvalue weighted by atomic mass is 9.98. The number of para-hydroxylation sites is 1. The van der Waals surface area contributed by atoms with Crippen LogP contribution in [-0.2, 0) is 47.5 Å². The molecule has 3 atom stereocenters. The molecule has 3 aliphatic rings. The molecular formula is C40H46N8O6S. The summed E-state index contributed by atoms with van der Waals surface area (Å²) < 4.78 is 15.7. The van der Waals surface area contributed by atoms with Crippen molar-refractivity contribution in [2.75, 3.05) is 52.1 Å². The molecular weight excluding hydrogens is 721 g/mol. The van der Waals surface area contributed by atoms with E-state index >= 15 is 0 Å². The zero-order chi connectivity index (χ0) is 38.8. The van der Waals surface area contributed by atoms with Crippen molar-refractivity contribution in [1.29, 1.82) is 0 Å². The van der Waals surface area contributed by atoms with Gasteiger partial charge in [0.25, 0.3) is 5.91 Å². The molecule has 0 spiro atoms. The summed E-state index contributed by atoms with van der Waals surface area (Å²) in [6.45, 7) is 6.44. The number of rotatable bonds is 10. The molecule has 3 fully saturated rings. The number of urea groups is 1. The van der Waals surface area contributed by atoms with Crippen molar-refractivity contribution in [1.82, 2.24) is 38.9 Å². The Labute approximate surface area is 323 Å². The molecule has 0 radical (unpaired) electrons. The van der Waals surface area contributed by atoms with Gasteiger partial charge in [-0.25, -0.2) is 14.8 Å². The van der Waals surface area contributed by atoms with Crippen LogP contribution in [0.5, 0.6) is 5.75 Å². The Morgan fingerprint density at radius 3 is 2.40 bits per heavy atom. The van der Waals surface area contributed by atoms with Crippen molar-refractivity contribution in [3.63, 3.8) is 0 Å². The summed E-state index contributed by atoms with van der Waals surface area (Å²) in [5.41, 5.74) is 3.81. The average molecular weight is 767 g/mol. The Bertz CT molecular complexity index is 2070. The van der Waals surface area contributed by atoms with Crippen LogP contribution in [0.25, 0.3) is 10.9 Å². The first-order valence-corrected chi connectivity index (χ1v) is 19.8. The van der Waals surface area contributed by atoms with Gasteiger partial charge < -0.3 is 34.2 Å². The first kappa shape index (κ1) is 37.9. The van der Waals surface area contributed by atoms with Crippen molar-refractivity contribution in [3.8, 4) is 5.75 Å². The smallest absolute Gasteiger partial charge is 0.334 e. The van der Waals surface area contributed by atoms with E-state index in [-0.39, 0.29) is 62.6 Å². The highest BCUT2D eigenvalue weighted by atomic mass is 32.2. The van der Waals surface area contributed by atoms with Gasteiger partial charge in [-0.3, -0.25) is 14.4 Å². The fourth-order valence-corrected chi connectivity index (χ4v) is 8.61. The molecule has 14 nitrogen and oxygen atoms in total. The predicted octanol–water partition coefficient (Wildman–Crippen LogP) is 2.67. The summed E-state index contributed by atoms with van der Waals surface area (Å²) in [5.74, 6) is -0.576. The van der Waals surface area contributed by atoms with Crippen molar-refractivity contribution in [2.45, 2.75) is 31.7 Å². The fourth-order valence-electron chi connectivity index (χ4n) is 7.93. The van der Waals surface area contributed by atoms with Gasteiger partial charge in [0.1, 0.15) is 24.2 Å². The van der Waals surface area contributed by atoms with Crippen LogP contribution in [0.15, 0.2) is 91.6 Å². The van der Waals surface area contributed by atoms with Crippen LogP contribution in [0.4, 0.5) is 4.79 Å². The lowest BCUT2D eigenvalue weighted by molar-refractivity contribution is -0.189. The lowest BCUT2D eigenvalue weighted by Crippen LogP contribution is -2.76. The molecule has 1 aromatic heterocycles. The molecule has 3 aromatic carbocycles. The molecule has 3 saturated heterocycles. The van der Waals surface area contributed by atoms with Gasteiger partial charge in [-0.15, -0.1) is 10.9 Å². The van der Waals surface area contributed by atoms with E-state index in [4.69, 9.17) is 0 Å². The maximum Gasteiger partial charge on any atom is 0.334 e. The van der Waals surface area contributed by atoms with E-state index < -0.39 is 29.6 Å². The van der Waals surface area contributed by atoms with Crippen LogP contribution in [0.2, 0.25) is 0 Å². The molecule has 4 aromatic rings. The molecule has 0 saturated carbocycles. The maximum atomic E-state index is 14.7. The fraction of sp³-hybridized carbons (Fsp3) is 0.350. The topological polar surface area (TPSA) is 148 Å². The Morgan fingerprint density at radius 2 is 1.71 bits per heavy atom. The number of fused-ring (bicyclic) bond motifs is 2. The molecule has 5 amide bonds. The van der Waals surface area contributed by atoms with Crippen LogP contribution in [0.1, 0.15) is 27.0 Å². The summed E-state index contributed by atoms with van der Waals surface area (Å²) in [5, 5.41) is 16.9. The maximum absolute atomic E-state index is 14.7. The van der Waals surface area contributed by atoms with Crippen LogP contribution in [0, 0.1) is 0 Å². The van der Waals surface area contributed by atoms with E-state index in [0.717, 1.165) is 27.6 Å². The zero-order valence-corrected chi connectivity index (χ0v) is 31.9. The van der Waals surface area contributed by atoms with Gasteiger partial charge in [0.05, 0.1) is 37.3 Å². The van der Waals surface area contributed by atoms with Crippen molar-refractivity contribution in [3.05, 3.63) is 114 Å². The molecule has 7 rings (SSSR count). The monoisotopic (exact) mass is 766 g/mol. The van der Waals surface area contributed by atoms with Gasteiger partial charge in [0.2, 0.25) is 11.8 Å². The summed E-state index contributed by atoms with van der Waals surface area (Å²) in [6.07, 6.45) is 4.44. The predicted molar refractivity (Wildman–Crippen MR) is 208 cm³/mol. The highest BCUT2D eigenvalue weighted by molar-refractivity contribution is 7.88. The van der Waals surface area contributed by atoms with Gasteiger partial charge in [0, 0.05) is 69.1 Å². The second-order valence-electron chi connectivity index (χ2n) is 14.1. The van der Waals surface area contributed by atoms with Gasteiger partial charge in [-0.05, 0) is 28.8 Å². The summed E-state index contributed by atoms with van der Waals surface area (Å²) >= 11 is -1.10. The number of hydrogen-bond donors (Lipinski definition) is 2. The number of aryl methyl sites for hydroxylation is 1. The van der Waals surface area contributed by atoms with Crippen molar-refractivity contribution >= 4 is 46.0 Å². The Morgan fingerprint density at radius 1 is 0.982 bits per heavy atom. The molecule has 288 valence electrons. The summed E-state index contributed by atoms with van der Waals surface area (Å²) in [7, 11) is 1.87. The van der Waals surface area contributed by atoms with E-state index in [2.05, 4.69) is 11.9 Å². The van der Waals surface area contributed by atoms with Gasteiger partial charge in [-0.2, -0.15) is 0 Å². The van der Waals surface area contributed by atoms with E-state index in [1.807, 2.05) is 70.6 Å². The van der Waals surface area contributed by atoms with Crippen LogP contribution >= 0.6 is 0 Å². The second kappa shape index (κ2) is 16.2. The molecule has 0 bridgehead atoms. The van der Waals surface area contributed by atoms with Crippen molar-refractivity contribution < 1.29 is 28.8 Å². The first-order valence-electron chi connectivity index (χ1n) is 18.3. The number of aromatic nitrogens is 1. The number of benzene rings is 3. The van der Waals surface area contributed by atoms with Crippen LogP contribution in [-0.4, -0.2) is 131 Å². The van der Waals surface area contributed by atoms with Gasteiger partial charge in [-0.1, -0.05) is 66.7 Å². The number of hydrazine groups is 1. The third-order valence-corrected chi connectivity index (χ3v) is 11.7. The quantitative estimate of drug-likeness (QED) is 0.185. The van der Waals surface area contributed by atoms with E-state index in [1.54, 1.807) is 61.3 Å². The molecule has 2 N–H and O–H groups in total. The van der Waals surface area contributed by atoms with Crippen LogP contribution < -0.4 is 5.32 Å². The number of amides is 5. The minimum atomic E-state index is -1.10. The first-order chi connectivity index (χ1) is 26.5. The highest BCUT2D eigenvalue weighted by Gasteiger charge is 2.51. The number of hydrogen-bond acceptors (Lipinski definition) is 8. The number of nitrogens with one attached hydrogen (secondary N) is 1. The van der Waals surface area contributed by atoms with E-state index in [0.29, 0.717) is 31.7 Å². The van der Waals surface area contributed by atoms with E-state index in [1.165, 1.54) is 0 Å². The third-order valence-electron chi connectivity index (χ3n) is 10.6. The molecule has 55 heavy (non-hydrogen) atoms. The summed E-state index contributed by atoms with van der Waals surface area (Å²) in [6, 6.07) is 20.4. The van der Waals surface area contributed by atoms with Crippen LogP contribution in [0.3, 0.4) is 0 Å². The number of phenols is 1. The highest BCUT2D eigenvalue weighted by Crippen LogP contribution is 2.32. The van der Waals surface area contributed by atoms with Crippen molar-refractivity contribution in [2.24, 2.45) is 7.05 Å². The van der Waals surface area contributed by atoms with Gasteiger partial charge in [0.15, 0.2) is 0 Å². The second-order valence-corrected chi connectivity index (χ2v) is 15.5. The molecule has 0 aliphatic carbocycles. The lowest BCUT2D eigenvalue weighted by Gasteiger charge is -2.55. The van der Waals surface area contributed by atoms with Gasteiger partial charge >= 0.3 is 6.03 Å². The Balaban J connectivity index is 1.22. The normalized spacial score (nSPS) is 20.1. The largest absolute Gasteiger partial charge is 0.598 e. The number of nitrogens with zero attached hydrogens (tertiary/aromatic N) is 7. The standard InChI is InChI=1S/C40H46N8O6S/c1-4-17-45-27-36(50)47-34(22-28-13-15-31(49)16-14-28)39(52)44(26-35(47)48(45)40(53)41-23-29-9-6-5-7-10-29)24-30-11-8-12-32-33(25-42(2)37(30)32)38(51)43-18-20-46(21-19-43)55(3)54/h4-16,25,34-35,49H,1,17-24,26-27H2,2-3H3,(H,41,53)/t34-,35-,55?/m0/s1. The molecule has 1 unspecified atom stereocenters. The molecule has 15 heteroatoms. The number of phenolic OH excluding ortho intramolecular Hbond substituents is 1. The zero-order valence-electron chi connectivity index (χ0n) is 31.0. The number of carbonyl (C=O) groups excluding carboxylic acids is 4. The Hall–Kier alpha value is -5.35. The SMILES string of the molecule is C=CCN1CC(=O)N2[C@@H](Cc3ccc(O)cc3)C(=O)N(Cc3cccc4c(C(=O)N5CCN([S+](C)[O-])CC5)cn(C)c34)C[C@@H]2N1C(=O)NCc1ccccc1. The number of piperazine rings is 2. The van der Waals surface area contributed by atoms with E-state index in [9.17, 15) is 28.8 Å². The molecule has 3 aliphatic heterocycles. The Kier molecular flexibility index (Phi) is 11.2. The third kappa shape index (κ3) is 7.78. The summed E-state index contributed by atoms with van der Waals surface area (Å²) in [4.78, 5) is 61.7. The average Bonchev–Trinajstić information content (AvgIpc) is 3.53. The minimum Gasteiger partial charge on any atom is -0.598 e. The minimum absolute atomic E-state index is 0.0404. The molecule has 4 heterocycles. The number of carbonyl (C=O) groups is 4. The number of aromatic hydroxyl groups is 1.